The molecule has 6 heteroatoms. The zero-order chi connectivity index (χ0) is 13.3. The first kappa shape index (κ1) is 12.5. The van der Waals surface area contributed by atoms with Crippen LogP contribution in [-0.2, 0) is 6.54 Å². The molecule has 1 aromatic heterocycles. The first-order valence-corrected chi connectivity index (χ1v) is 6.03. The van der Waals surface area contributed by atoms with E-state index in [9.17, 15) is 14.0 Å². The summed E-state index contributed by atoms with van der Waals surface area (Å²) < 4.78 is 15.0. The molecule has 0 spiro atoms. The fourth-order valence-corrected chi connectivity index (χ4v) is 2.34. The van der Waals surface area contributed by atoms with E-state index in [4.69, 9.17) is 5.11 Å². The van der Waals surface area contributed by atoms with Crippen LogP contribution in [0.15, 0.2) is 28.4 Å². The predicted octanol–water partition coefficient (Wildman–Crippen LogP) is 2.10. The summed E-state index contributed by atoms with van der Waals surface area (Å²) in [7, 11) is 0. The summed E-state index contributed by atoms with van der Waals surface area (Å²) in [5.74, 6) is -2.09. The maximum Gasteiger partial charge on any atom is 0.338 e. The molecule has 0 unspecified atom stereocenters. The third-order valence-electron chi connectivity index (χ3n) is 2.58. The average Bonchev–Trinajstić information content (AvgIpc) is 2.60. The number of halogens is 1. The quantitative estimate of drug-likeness (QED) is 0.926. The number of carboxylic acid groups (broad SMARTS) is 1. The van der Waals surface area contributed by atoms with Crippen LogP contribution in [-0.4, -0.2) is 15.6 Å². The van der Waals surface area contributed by atoms with Crippen LogP contribution in [0.25, 0.3) is 0 Å². The molecule has 0 saturated carbocycles. The van der Waals surface area contributed by atoms with Crippen LogP contribution in [0.5, 0.6) is 0 Å². The predicted molar refractivity (Wildman–Crippen MR) is 65.8 cm³/mol. The number of carbonyl (C=O) groups is 1. The highest BCUT2D eigenvalue weighted by Gasteiger charge is 2.11. The van der Waals surface area contributed by atoms with Crippen molar-refractivity contribution < 1.29 is 14.3 Å². The molecule has 0 atom stereocenters. The fourth-order valence-electron chi connectivity index (χ4n) is 1.61. The van der Waals surface area contributed by atoms with Crippen molar-refractivity contribution >= 4 is 17.3 Å². The van der Waals surface area contributed by atoms with E-state index < -0.39 is 11.8 Å². The van der Waals surface area contributed by atoms with Gasteiger partial charge in [0.1, 0.15) is 5.82 Å². The van der Waals surface area contributed by atoms with Gasteiger partial charge in [-0.25, -0.2) is 9.18 Å². The van der Waals surface area contributed by atoms with E-state index in [0.29, 0.717) is 5.56 Å². The summed E-state index contributed by atoms with van der Waals surface area (Å²) in [4.78, 5) is 22.0. The van der Waals surface area contributed by atoms with Gasteiger partial charge in [-0.3, -0.25) is 9.36 Å². The summed E-state index contributed by atoms with van der Waals surface area (Å²) in [5.41, 5.74) is 0.988. The van der Waals surface area contributed by atoms with Crippen molar-refractivity contribution in [2.45, 2.75) is 13.5 Å². The van der Waals surface area contributed by atoms with Gasteiger partial charge < -0.3 is 5.11 Å². The van der Waals surface area contributed by atoms with Crippen LogP contribution in [0.1, 0.15) is 21.6 Å². The Labute approximate surface area is 106 Å². The third-order valence-corrected chi connectivity index (χ3v) is 3.46. The van der Waals surface area contributed by atoms with Crippen LogP contribution in [0.3, 0.4) is 0 Å². The molecule has 94 valence electrons. The lowest BCUT2D eigenvalue weighted by atomic mass is 10.1. The van der Waals surface area contributed by atoms with Gasteiger partial charge in [0.25, 0.3) is 0 Å². The highest BCUT2D eigenvalue weighted by atomic mass is 32.1. The van der Waals surface area contributed by atoms with Crippen molar-refractivity contribution in [3.63, 3.8) is 0 Å². The molecule has 0 aliphatic rings. The first-order chi connectivity index (χ1) is 8.49. The molecule has 0 fully saturated rings. The zero-order valence-electron chi connectivity index (χ0n) is 9.51. The highest BCUT2D eigenvalue weighted by molar-refractivity contribution is 7.07. The van der Waals surface area contributed by atoms with E-state index >= 15 is 0 Å². The van der Waals surface area contributed by atoms with Gasteiger partial charge in [-0.1, -0.05) is 17.4 Å². The molecule has 0 bridgehead atoms. The zero-order valence-corrected chi connectivity index (χ0v) is 10.3. The van der Waals surface area contributed by atoms with Crippen LogP contribution in [0, 0.1) is 12.7 Å². The number of thiazole rings is 1. The summed E-state index contributed by atoms with van der Waals surface area (Å²) in [6.45, 7) is 2.03. The van der Waals surface area contributed by atoms with Crippen LogP contribution < -0.4 is 4.87 Å². The molecular formula is C12H10FNO3S. The van der Waals surface area contributed by atoms with E-state index in [0.717, 1.165) is 23.1 Å². The molecule has 1 aromatic carbocycles. The van der Waals surface area contributed by atoms with E-state index in [1.54, 1.807) is 12.3 Å². The van der Waals surface area contributed by atoms with Gasteiger partial charge >= 0.3 is 10.8 Å². The van der Waals surface area contributed by atoms with E-state index in [1.165, 1.54) is 16.7 Å². The van der Waals surface area contributed by atoms with Gasteiger partial charge in [0.05, 0.1) is 12.1 Å². The smallest absolute Gasteiger partial charge is 0.338 e. The van der Waals surface area contributed by atoms with Crippen molar-refractivity contribution in [1.29, 1.82) is 0 Å². The minimum atomic E-state index is -1.30. The fraction of sp³-hybridized carbons (Fsp3) is 0.167. The first-order valence-electron chi connectivity index (χ1n) is 5.15. The Kier molecular flexibility index (Phi) is 3.29. The van der Waals surface area contributed by atoms with Crippen LogP contribution in [0.2, 0.25) is 0 Å². The number of hydrogen-bond donors (Lipinski definition) is 1. The summed E-state index contributed by atoms with van der Waals surface area (Å²) in [5, 5.41) is 10.4. The number of benzene rings is 1. The minimum Gasteiger partial charge on any atom is -0.478 e. The van der Waals surface area contributed by atoms with Gasteiger partial charge in [0.15, 0.2) is 0 Å². The number of nitrogens with zero attached hydrogens (tertiary/aromatic N) is 1. The van der Waals surface area contributed by atoms with Gasteiger partial charge in [-0.2, -0.15) is 0 Å². The van der Waals surface area contributed by atoms with E-state index in [2.05, 4.69) is 0 Å². The molecule has 2 rings (SSSR count). The highest BCUT2D eigenvalue weighted by Crippen LogP contribution is 2.12. The minimum absolute atomic E-state index is 0.116. The molecule has 0 aliphatic carbocycles. The largest absolute Gasteiger partial charge is 0.478 e. The van der Waals surface area contributed by atoms with Crippen molar-refractivity contribution in [1.82, 2.24) is 4.57 Å². The Morgan fingerprint density at radius 3 is 2.72 bits per heavy atom. The van der Waals surface area contributed by atoms with E-state index in [-0.39, 0.29) is 17.0 Å². The van der Waals surface area contributed by atoms with Gasteiger partial charge in [-0.05, 0) is 24.6 Å². The van der Waals surface area contributed by atoms with Crippen LogP contribution >= 0.6 is 11.3 Å². The maximum absolute atomic E-state index is 13.5. The SMILES string of the molecule is Cc1csc(=O)n1Cc1ccc(C(=O)O)c(F)c1. The van der Waals surface area contributed by atoms with Crippen molar-refractivity contribution in [2.75, 3.05) is 0 Å². The number of rotatable bonds is 3. The van der Waals surface area contributed by atoms with Gasteiger partial charge in [0, 0.05) is 11.1 Å². The van der Waals surface area contributed by atoms with Crippen LogP contribution in [0.4, 0.5) is 4.39 Å². The molecular weight excluding hydrogens is 257 g/mol. The Balaban J connectivity index is 2.34. The molecule has 1 heterocycles. The number of carboxylic acids is 1. The summed E-state index contributed by atoms with van der Waals surface area (Å²) in [6, 6.07) is 3.86. The number of hydrogen-bond acceptors (Lipinski definition) is 3. The Morgan fingerprint density at radius 1 is 1.50 bits per heavy atom. The summed E-state index contributed by atoms with van der Waals surface area (Å²) >= 11 is 1.08. The molecule has 0 radical (unpaired) electrons. The Morgan fingerprint density at radius 2 is 2.22 bits per heavy atom. The number of aryl methyl sites for hydroxylation is 1. The maximum atomic E-state index is 13.5. The molecule has 0 amide bonds. The molecule has 2 aromatic rings. The molecule has 18 heavy (non-hydrogen) atoms. The molecule has 4 nitrogen and oxygen atoms in total. The Bertz CT molecular complexity index is 660. The van der Waals surface area contributed by atoms with Crippen molar-refractivity contribution in [2.24, 2.45) is 0 Å². The monoisotopic (exact) mass is 267 g/mol. The topological polar surface area (TPSA) is 59.3 Å². The van der Waals surface area contributed by atoms with E-state index in [1.807, 2.05) is 0 Å². The molecule has 1 N–H and O–H groups in total. The number of aromatic carboxylic acids is 1. The number of aromatic nitrogens is 1. The third kappa shape index (κ3) is 2.33. The van der Waals surface area contributed by atoms with Gasteiger partial charge in [0.2, 0.25) is 0 Å². The standard InChI is InChI=1S/C12H10FNO3S/c1-7-6-18-12(17)14(7)5-8-2-3-9(11(15)16)10(13)4-8/h2-4,6H,5H2,1H3,(H,15,16). The van der Waals surface area contributed by atoms with Crippen molar-refractivity contribution in [3.8, 4) is 0 Å². The molecule has 0 aliphatic heterocycles. The second-order valence-electron chi connectivity index (χ2n) is 3.85. The second kappa shape index (κ2) is 4.73. The average molecular weight is 267 g/mol. The second-order valence-corrected chi connectivity index (χ2v) is 4.67. The van der Waals surface area contributed by atoms with Gasteiger partial charge in [-0.15, -0.1) is 0 Å². The normalized spacial score (nSPS) is 10.6. The Hall–Kier alpha value is -1.95. The lowest BCUT2D eigenvalue weighted by Crippen LogP contribution is -2.15. The van der Waals surface area contributed by atoms with Crippen molar-refractivity contribution in [3.05, 3.63) is 55.9 Å². The summed E-state index contributed by atoms with van der Waals surface area (Å²) in [6.07, 6.45) is 0. The lowest BCUT2D eigenvalue weighted by Gasteiger charge is -2.06. The lowest BCUT2D eigenvalue weighted by molar-refractivity contribution is 0.0692. The molecule has 0 saturated heterocycles.